The second kappa shape index (κ2) is 6.16. The van der Waals surface area contributed by atoms with Crippen LogP contribution in [0.1, 0.15) is 20.8 Å². The van der Waals surface area contributed by atoms with E-state index in [1.807, 2.05) is 0 Å². The summed E-state index contributed by atoms with van der Waals surface area (Å²) >= 11 is 2.40. The lowest BCUT2D eigenvalue weighted by atomic mass is 9.96. The maximum atomic E-state index is 5.04. The van der Waals surface area contributed by atoms with Gasteiger partial charge >= 0.3 is 0 Å². The largest absolute Gasteiger partial charge is 0.383 e. The number of rotatable bonds is 5. The van der Waals surface area contributed by atoms with Gasteiger partial charge in [0.1, 0.15) is 0 Å². The molecule has 3 heteroatoms. The average molecular weight is 285 g/mol. The number of nitrogens with zero attached hydrogens (tertiary/aromatic N) is 1. The van der Waals surface area contributed by atoms with Crippen molar-refractivity contribution in [1.29, 1.82) is 0 Å². The quantitative estimate of drug-likeness (QED) is 0.437. The lowest BCUT2D eigenvalue weighted by Gasteiger charge is -2.27. The zero-order valence-electron chi connectivity index (χ0n) is 8.56. The van der Waals surface area contributed by atoms with E-state index >= 15 is 0 Å². The third-order valence-electron chi connectivity index (χ3n) is 1.48. The Morgan fingerprint density at radius 3 is 2.25 bits per heavy atom. The van der Waals surface area contributed by atoms with E-state index in [2.05, 4.69) is 48.3 Å². The van der Waals surface area contributed by atoms with Gasteiger partial charge in [0.15, 0.2) is 0 Å². The van der Waals surface area contributed by atoms with Crippen molar-refractivity contribution in [2.45, 2.75) is 20.8 Å². The van der Waals surface area contributed by atoms with Crippen molar-refractivity contribution in [3.63, 3.8) is 0 Å². The molecule has 0 atom stereocenters. The highest BCUT2D eigenvalue weighted by molar-refractivity contribution is 14.1. The van der Waals surface area contributed by atoms with Crippen LogP contribution in [0.4, 0.5) is 0 Å². The monoisotopic (exact) mass is 285 g/mol. The summed E-state index contributed by atoms with van der Waals surface area (Å²) in [5.41, 5.74) is 0.388. The predicted octanol–water partition coefficient (Wildman–Crippen LogP) is 2.37. The predicted molar refractivity (Wildman–Crippen MR) is 61.8 cm³/mol. The van der Waals surface area contributed by atoms with Gasteiger partial charge in [-0.3, -0.25) is 4.90 Å². The van der Waals surface area contributed by atoms with Gasteiger partial charge in [0.2, 0.25) is 0 Å². The Morgan fingerprint density at radius 2 is 1.92 bits per heavy atom. The molecule has 0 aliphatic carbocycles. The zero-order valence-corrected chi connectivity index (χ0v) is 10.7. The van der Waals surface area contributed by atoms with Gasteiger partial charge in [-0.05, 0) is 5.41 Å². The molecule has 0 saturated heterocycles. The summed E-state index contributed by atoms with van der Waals surface area (Å²) in [6, 6.07) is 0. The number of alkyl halides is 1. The van der Waals surface area contributed by atoms with Gasteiger partial charge in [-0.1, -0.05) is 43.4 Å². The fraction of sp³-hybridized carbons (Fsp3) is 1.00. The number of ether oxygens (including phenoxy) is 1. The molecule has 0 unspecified atom stereocenters. The minimum Gasteiger partial charge on any atom is -0.383 e. The molecular formula is C9H20INO. The van der Waals surface area contributed by atoms with Gasteiger partial charge in [-0.15, -0.1) is 0 Å². The van der Waals surface area contributed by atoms with Crippen LogP contribution in [0.25, 0.3) is 0 Å². The van der Waals surface area contributed by atoms with E-state index in [1.165, 1.54) is 0 Å². The summed E-state index contributed by atoms with van der Waals surface area (Å²) in [5, 5.41) is 0. The Hall–Kier alpha value is 0.650. The van der Waals surface area contributed by atoms with Crippen molar-refractivity contribution < 1.29 is 4.74 Å². The maximum Gasteiger partial charge on any atom is 0.0589 e. The lowest BCUT2D eigenvalue weighted by molar-refractivity contribution is 0.139. The fourth-order valence-electron chi connectivity index (χ4n) is 1.07. The van der Waals surface area contributed by atoms with Gasteiger partial charge < -0.3 is 4.74 Å². The van der Waals surface area contributed by atoms with E-state index in [-0.39, 0.29) is 0 Å². The van der Waals surface area contributed by atoms with E-state index in [0.717, 1.165) is 24.2 Å². The molecule has 0 heterocycles. The molecule has 0 amide bonds. The first-order valence-corrected chi connectivity index (χ1v) is 5.79. The average Bonchev–Trinajstić information content (AvgIpc) is 1.95. The van der Waals surface area contributed by atoms with E-state index in [9.17, 15) is 0 Å². The number of hydrogen-bond acceptors (Lipinski definition) is 2. The van der Waals surface area contributed by atoms with Crippen molar-refractivity contribution in [3.05, 3.63) is 0 Å². The van der Waals surface area contributed by atoms with E-state index in [0.29, 0.717) is 5.41 Å². The van der Waals surface area contributed by atoms with Crippen LogP contribution < -0.4 is 0 Å². The lowest BCUT2D eigenvalue weighted by Crippen LogP contribution is -2.34. The van der Waals surface area contributed by atoms with Crippen LogP contribution in [0.3, 0.4) is 0 Å². The Kier molecular flexibility index (Phi) is 6.49. The van der Waals surface area contributed by atoms with Crippen LogP contribution >= 0.6 is 22.6 Å². The van der Waals surface area contributed by atoms with Crippen molar-refractivity contribution in [2.75, 3.05) is 31.4 Å². The molecule has 0 rings (SSSR count). The molecule has 0 bridgehead atoms. The highest BCUT2D eigenvalue weighted by atomic mass is 127. The minimum absolute atomic E-state index is 0.388. The standard InChI is InChI=1S/C9H20INO/c1-9(2,3)7-11(8-10)5-6-12-4/h5-8H2,1-4H3. The number of methoxy groups -OCH3 is 1. The molecule has 0 aromatic heterocycles. The summed E-state index contributed by atoms with van der Waals surface area (Å²) in [7, 11) is 1.75. The van der Waals surface area contributed by atoms with Crippen LogP contribution in [0.2, 0.25) is 0 Å². The van der Waals surface area contributed by atoms with Crippen molar-refractivity contribution in [2.24, 2.45) is 5.41 Å². The molecule has 0 aromatic rings. The molecule has 0 radical (unpaired) electrons. The molecule has 0 aliphatic heterocycles. The zero-order chi connectivity index (χ0) is 9.61. The van der Waals surface area contributed by atoms with Crippen LogP contribution in [0.5, 0.6) is 0 Å². The molecule has 0 spiro atoms. The van der Waals surface area contributed by atoms with E-state index in [4.69, 9.17) is 4.74 Å². The van der Waals surface area contributed by atoms with Gasteiger partial charge in [0.05, 0.1) is 11.2 Å². The maximum absolute atomic E-state index is 5.04. The SMILES string of the molecule is COCCN(CI)CC(C)(C)C. The molecule has 0 N–H and O–H groups in total. The number of hydrogen-bond donors (Lipinski definition) is 0. The fourth-order valence-corrected chi connectivity index (χ4v) is 1.65. The molecule has 12 heavy (non-hydrogen) atoms. The highest BCUT2D eigenvalue weighted by Crippen LogP contribution is 2.15. The third kappa shape index (κ3) is 7.31. The van der Waals surface area contributed by atoms with Crippen LogP contribution in [0, 0.1) is 5.41 Å². The topological polar surface area (TPSA) is 12.5 Å². The molecule has 0 saturated carbocycles. The molecule has 0 aliphatic rings. The first-order valence-electron chi connectivity index (χ1n) is 4.27. The van der Waals surface area contributed by atoms with Crippen molar-refractivity contribution >= 4 is 22.6 Å². The summed E-state index contributed by atoms with van der Waals surface area (Å²) in [6.45, 7) is 9.80. The van der Waals surface area contributed by atoms with Crippen molar-refractivity contribution in [1.82, 2.24) is 4.90 Å². The highest BCUT2D eigenvalue weighted by Gasteiger charge is 2.14. The molecule has 0 fully saturated rings. The molecule has 74 valence electrons. The summed E-state index contributed by atoms with van der Waals surface area (Å²) < 4.78 is 6.13. The van der Waals surface area contributed by atoms with Gasteiger partial charge in [-0.25, -0.2) is 0 Å². The Balaban J connectivity index is 3.67. The first-order chi connectivity index (χ1) is 5.49. The van der Waals surface area contributed by atoms with Crippen LogP contribution in [-0.4, -0.2) is 36.3 Å². The Labute approximate surface area is 89.8 Å². The summed E-state index contributed by atoms with van der Waals surface area (Å²) in [5.74, 6) is 0. The Morgan fingerprint density at radius 1 is 1.33 bits per heavy atom. The molecular weight excluding hydrogens is 265 g/mol. The second-order valence-electron chi connectivity index (χ2n) is 4.23. The Bertz CT molecular complexity index is 112. The van der Waals surface area contributed by atoms with Crippen LogP contribution in [0.15, 0.2) is 0 Å². The molecule has 0 aromatic carbocycles. The number of halogens is 1. The van der Waals surface area contributed by atoms with E-state index in [1.54, 1.807) is 7.11 Å². The normalized spacial score (nSPS) is 12.5. The van der Waals surface area contributed by atoms with Gasteiger partial charge in [0.25, 0.3) is 0 Å². The third-order valence-corrected chi connectivity index (χ3v) is 2.44. The summed E-state index contributed by atoms with van der Waals surface area (Å²) in [6.07, 6.45) is 0. The smallest absolute Gasteiger partial charge is 0.0589 e. The van der Waals surface area contributed by atoms with Gasteiger partial charge in [0, 0.05) is 20.2 Å². The van der Waals surface area contributed by atoms with Crippen molar-refractivity contribution in [3.8, 4) is 0 Å². The van der Waals surface area contributed by atoms with Crippen LogP contribution in [-0.2, 0) is 4.74 Å². The van der Waals surface area contributed by atoms with E-state index < -0.39 is 0 Å². The first kappa shape index (κ1) is 12.7. The minimum atomic E-state index is 0.388. The second-order valence-corrected chi connectivity index (χ2v) is 4.91. The van der Waals surface area contributed by atoms with Gasteiger partial charge in [-0.2, -0.15) is 0 Å². The summed E-state index contributed by atoms with van der Waals surface area (Å²) in [4.78, 5) is 2.41. The molecule has 2 nitrogen and oxygen atoms in total.